The number of carbonyl (C=O) groups excluding carboxylic acids is 3. The number of esters is 2. The highest BCUT2D eigenvalue weighted by Crippen LogP contribution is 2.27. The van der Waals surface area contributed by atoms with Gasteiger partial charge >= 0.3 is 11.9 Å². The fourth-order valence-electron chi connectivity index (χ4n) is 3.31. The predicted octanol–water partition coefficient (Wildman–Crippen LogP) is 5.60. The van der Waals surface area contributed by atoms with Gasteiger partial charge < -0.3 is 24.1 Å². The molecule has 3 rings (SSSR count). The standard InChI is InChI=1S/C31H30O8S/c1-3-36-29(33)21-39-27-12-10-24(11-13-27)23-6-8-25(9-7-23)31(35)40-28-16-14-26(15-17-28)37-18-4-5-19-38-30(34)22(2)20-32/h3,6-17,32H,1-2,4-5,18-21H2. The lowest BCUT2D eigenvalue weighted by atomic mass is 10.0. The molecule has 0 saturated carbocycles. The molecule has 208 valence electrons. The van der Waals surface area contributed by atoms with E-state index in [4.69, 9.17) is 19.3 Å². The van der Waals surface area contributed by atoms with Gasteiger partial charge in [0.1, 0.15) is 11.5 Å². The van der Waals surface area contributed by atoms with E-state index >= 15 is 0 Å². The third kappa shape index (κ3) is 9.76. The number of aliphatic hydroxyl groups excluding tert-OH is 1. The second kappa shape index (κ2) is 15.9. The van der Waals surface area contributed by atoms with Crippen molar-refractivity contribution >= 4 is 28.8 Å². The van der Waals surface area contributed by atoms with Crippen LogP contribution in [0.1, 0.15) is 23.2 Å². The molecule has 0 bridgehead atoms. The van der Waals surface area contributed by atoms with E-state index in [9.17, 15) is 14.4 Å². The normalized spacial score (nSPS) is 10.3. The Hall–Kier alpha value is -4.34. The summed E-state index contributed by atoms with van der Waals surface area (Å²) >= 11 is 1.13. The van der Waals surface area contributed by atoms with Crippen LogP contribution in [0.3, 0.4) is 0 Å². The highest BCUT2D eigenvalue weighted by molar-refractivity contribution is 8.14. The Morgan fingerprint density at radius 1 is 0.800 bits per heavy atom. The summed E-state index contributed by atoms with van der Waals surface area (Å²) in [6.45, 7) is 6.80. The van der Waals surface area contributed by atoms with Crippen molar-refractivity contribution in [1.29, 1.82) is 0 Å². The molecule has 0 radical (unpaired) electrons. The molecule has 9 heteroatoms. The smallest absolute Gasteiger partial charge is 0.348 e. The highest BCUT2D eigenvalue weighted by atomic mass is 32.2. The lowest BCUT2D eigenvalue weighted by Gasteiger charge is -2.08. The summed E-state index contributed by atoms with van der Waals surface area (Å²) in [5, 5.41) is 8.76. The summed E-state index contributed by atoms with van der Waals surface area (Å²) in [6.07, 6.45) is 2.37. The zero-order chi connectivity index (χ0) is 28.7. The molecule has 0 aliphatic rings. The minimum absolute atomic E-state index is 0.0328. The number of hydrogen-bond acceptors (Lipinski definition) is 9. The van der Waals surface area contributed by atoms with Crippen molar-refractivity contribution in [3.05, 3.63) is 103 Å². The van der Waals surface area contributed by atoms with Crippen LogP contribution in [0.5, 0.6) is 11.5 Å². The first-order chi connectivity index (χ1) is 19.4. The number of hydrogen-bond donors (Lipinski definition) is 1. The molecule has 0 amide bonds. The van der Waals surface area contributed by atoms with Crippen LogP contribution in [-0.2, 0) is 19.1 Å². The fourth-order valence-corrected chi connectivity index (χ4v) is 4.05. The van der Waals surface area contributed by atoms with Crippen molar-refractivity contribution in [2.75, 3.05) is 26.4 Å². The molecule has 0 spiro atoms. The Kier molecular flexibility index (Phi) is 12.0. The first-order valence-corrected chi connectivity index (χ1v) is 13.3. The quantitative estimate of drug-likeness (QED) is 0.0832. The highest BCUT2D eigenvalue weighted by Gasteiger charge is 2.10. The molecule has 0 atom stereocenters. The van der Waals surface area contributed by atoms with Crippen LogP contribution in [0.15, 0.2) is 103 Å². The van der Waals surface area contributed by atoms with E-state index in [1.807, 2.05) is 36.4 Å². The summed E-state index contributed by atoms with van der Waals surface area (Å²) in [7, 11) is 0. The molecule has 3 aromatic carbocycles. The lowest BCUT2D eigenvalue weighted by molar-refractivity contribution is -0.140. The summed E-state index contributed by atoms with van der Waals surface area (Å²) in [5.41, 5.74) is 2.50. The first kappa shape index (κ1) is 30.2. The van der Waals surface area contributed by atoms with Crippen LogP contribution in [0.2, 0.25) is 0 Å². The first-order valence-electron chi connectivity index (χ1n) is 12.4. The Morgan fingerprint density at radius 3 is 2.00 bits per heavy atom. The molecule has 1 N–H and O–H groups in total. The van der Waals surface area contributed by atoms with Gasteiger partial charge in [0.25, 0.3) is 0 Å². The molecule has 40 heavy (non-hydrogen) atoms. The third-order valence-electron chi connectivity index (χ3n) is 5.43. The Labute approximate surface area is 237 Å². The maximum Gasteiger partial charge on any atom is 0.348 e. The van der Waals surface area contributed by atoms with Crippen molar-refractivity contribution in [2.45, 2.75) is 17.7 Å². The lowest BCUT2D eigenvalue weighted by Crippen LogP contribution is -2.11. The van der Waals surface area contributed by atoms with Crippen LogP contribution in [-0.4, -0.2) is 48.6 Å². The molecule has 0 aliphatic carbocycles. The Morgan fingerprint density at radius 2 is 1.38 bits per heavy atom. The molecule has 3 aromatic rings. The predicted molar refractivity (Wildman–Crippen MR) is 152 cm³/mol. The number of aliphatic hydroxyl groups is 1. The minimum atomic E-state index is -0.592. The van der Waals surface area contributed by atoms with Crippen LogP contribution >= 0.6 is 11.8 Å². The molecule has 0 aliphatic heterocycles. The maximum atomic E-state index is 12.8. The van der Waals surface area contributed by atoms with Gasteiger partial charge in [-0.3, -0.25) is 4.79 Å². The van der Waals surface area contributed by atoms with E-state index in [2.05, 4.69) is 17.9 Å². The molecule has 0 heterocycles. The van der Waals surface area contributed by atoms with E-state index in [1.54, 1.807) is 36.4 Å². The summed E-state index contributed by atoms with van der Waals surface area (Å²) in [4.78, 5) is 36.3. The molecule has 8 nitrogen and oxygen atoms in total. The summed E-state index contributed by atoms with van der Waals surface area (Å²) in [6, 6.07) is 21.9. The number of unbranched alkanes of at least 4 members (excludes halogenated alkanes) is 1. The maximum absolute atomic E-state index is 12.8. The number of benzene rings is 3. The second-order valence-electron chi connectivity index (χ2n) is 8.36. The van der Waals surface area contributed by atoms with Crippen LogP contribution in [0.4, 0.5) is 0 Å². The van der Waals surface area contributed by atoms with E-state index < -0.39 is 18.5 Å². The van der Waals surface area contributed by atoms with Crippen molar-refractivity contribution < 1.29 is 38.4 Å². The summed E-state index contributed by atoms with van der Waals surface area (Å²) in [5.74, 6) is 0.0949. The van der Waals surface area contributed by atoms with Gasteiger partial charge in [0.2, 0.25) is 5.12 Å². The summed E-state index contributed by atoms with van der Waals surface area (Å²) < 4.78 is 20.7. The van der Waals surface area contributed by atoms with E-state index in [0.717, 1.165) is 34.0 Å². The molecule has 0 aromatic heterocycles. The van der Waals surface area contributed by atoms with Gasteiger partial charge in [-0.1, -0.05) is 37.4 Å². The van der Waals surface area contributed by atoms with Crippen LogP contribution < -0.4 is 9.47 Å². The SMILES string of the molecule is C=COC(=O)COc1ccc(-c2ccc(C(=O)Sc3ccc(OCCCCOC(=O)C(=C)CO)cc3)cc2)cc1. The van der Waals surface area contributed by atoms with E-state index in [1.165, 1.54) is 0 Å². The monoisotopic (exact) mass is 562 g/mol. The van der Waals surface area contributed by atoms with Gasteiger partial charge in [-0.15, -0.1) is 0 Å². The molecule has 0 saturated heterocycles. The van der Waals surface area contributed by atoms with Gasteiger partial charge in [-0.2, -0.15) is 0 Å². The van der Waals surface area contributed by atoms with Crippen molar-refractivity contribution in [1.82, 2.24) is 0 Å². The topological polar surface area (TPSA) is 108 Å². The molecular formula is C31H30O8S. The Bertz CT molecular complexity index is 1300. The average molecular weight is 563 g/mol. The van der Waals surface area contributed by atoms with Crippen LogP contribution in [0, 0.1) is 0 Å². The number of carbonyl (C=O) groups is 3. The van der Waals surface area contributed by atoms with E-state index in [-0.39, 0.29) is 23.9 Å². The fraction of sp³-hybridized carbons (Fsp3) is 0.194. The van der Waals surface area contributed by atoms with Crippen molar-refractivity contribution in [3.63, 3.8) is 0 Å². The molecule has 0 unspecified atom stereocenters. The van der Waals surface area contributed by atoms with Gasteiger partial charge in [0, 0.05) is 10.5 Å². The number of ether oxygens (including phenoxy) is 4. The zero-order valence-electron chi connectivity index (χ0n) is 21.9. The van der Waals surface area contributed by atoms with Gasteiger partial charge in [-0.05, 0) is 84.3 Å². The number of rotatable bonds is 15. The Balaban J connectivity index is 1.42. The third-order valence-corrected chi connectivity index (χ3v) is 6.36. The largest absolute Gasteiger partial charge is 0.494 e. The van der Waals surface area contributed by atoms with Gasteiger partial charge in [-0.25, -0.2) is 9.59 Å². The van der Waals surface area contributed by atoms with Crippen LogP contribution in [0.25, 0.3) is 11.1 Å². The number of thioether (sulfide) groups is 1. The van der Waals surface area contributed by atoms with Gasteiger partial charge in [0.15, 0.2) is 6.61 Å². The molecular weight excluding hydrogens is 532 g/mol. The van der Waals surface area contributed by atoms with Crippen molar-refractivity contribution in [3.8, 4) is 22.6 Å². The van der Waals surface area contributed by atoms with Gasteiger partial charge in [0.05, 0.1) is 31.7 Å². The zero-order valence-corrected chi connectivity index (χ0v) is 22.7. The van der Waals surface area contributed by atoms with E-state index in [0.29, 0.717) is 36.5 Å². The minimum Gasteiger partial charge on any atom is -0.494 e. The molecule has 0 fully saturated rings. The van der Waals surface area contributed by atoms with Crippen molar-refractivity contribution in [2.24, 2.45) is 0 Å². The average Bonchev–Trinajstić information content (AvgIpc) is 2.98. The second-order valence-corrected chi connectivity index (χ2v) is 9.41.